The molecule has 1 aliphatic rings. The van der Waals surface area contributed by atoms with Gasteiger partial charge in [0.1, 0.15) is 5.82 Å². The first-order valence-electron chi connectivity index (χ1n) is 10.8. The second-order valence-electron chi connectivity index (χ2n) is 7.76. The lowest BCUT2D eigenvalue weighted by Gasteiger charge is -2.26. The number of rotatable bonds is 4. The molecule has 0 radical (unpaired) electrons. The quantitative estimate of drug-likeness (QED) is 0.475. The van der Waals surface area contributed by atoms with Crippen LogP contribution in [-0.2, 0) is 9.47 Å². The lowest BCUT2D eigenvalue weighted by Crippen LogP contribution is -2.40. The van der Waals surface area contributed by atoms with Crippen molar-refractivity contribution in [2.45, 2.75) is 6.92 Å². The minimum Gasteiger partial charge on any atom is -0.461 e. The molecule has 0 aliphatic carbocycles. The van der Waals surface area contributed by atoms with Crippen molar-refractivity contribution in [3.05, 3.63) is 65.7 Å². The molecule has 2 aromatic carbocycles. The third-order valence-corrected chi connectivity index (χ3v) is 5.81. The van der Waals surface area contributed by atoms with Gasteiger partial charge in [-0.3, -0.25) is 4.79 Å². The standard InChI is InChI=1S/C25H22FN3O4/c1-2-33-25(31)23-22-21(18(14-27-23)16-5-3-4-6-19(16)26)17-8-7-15(13-20(17)28-22)24(30)29-9-11-32-12-10-29/h3-8,13-14,28H,2,9-12H2,1H3. The zero-order valence-electron chi connectivity index (χ0n) is 18.1. The van der Waals surface area contributed by atoms with Crippen molar-refractivity contribution < 1.29 is 23.5 Å². The zero-order valence-corrected chi connectivity index (χ0v) is 18.1. The Balaban J connectivity index is 1.71. The molecule has 1 amide bonds. The van der Waals surface area contributed by atoms with Gasteiger partial charge in [0, 0.05) is 52.3 Å². The number of fused-ring (bicyclic) bond motifs is 3. The van der Waals surface area contributed by atoms with Gasteiger partial charge in [-0.2, -0.15) is 0 Å². The molecular formula is C25H22FN3O4. The number of halogens is 1. The van der Waals surface area contributed by atoms with E-state index in [4.69, 9.17) is 9.47 Å². The van der Waals surface area contributed by atoms with Crippen molar-refractivity contribution >= 4 is 33.7 Å². The first-order chi connectivity index (χ1) is 16.1. The summed E-state index contributed by atoms with van der Waals surface area (Å²) in [5, 5.41) is 1.41. The number of amides is 1. The molecule has 0 saturated carbocycles. The number of esters is 1. The molecule has 7 nitrogen and oxygen atoms in total. The van der Waals surface area contributed by atoms with Crippen molar-refractivity contribution in [2.75, 3.05) is 32.9 Å². The summed E-state index contributed by atoms with van der Waals surface area (Å²) in [6.45, 7) is 4.03. The maximum Gasteiger partial charge on any atom is 0.359 e. The number of hydrogen-bond donors (Lipinski definition) is 1. The maximum atomic E-state index is 14.7. The van der Waals surface area contributed by atoms with Crippen LogP contribution in [-0.4, -0.2) is 59.7 Å². The zero-order chi connectivity index (χ0) is 22.9. The second-order valence-corrected chi connectivity index (χ2v) is 7.76. The number of nitrogens with zero attached hydrogens (tertiary/aromatic N) is 2. The minimum atomic E-state index is -0.571. The van der Waals surface area contributed by atoms with Crippen LogP contribution in [0.4, 0.5) is 4.39 Å². The molecular weight excluding hydrogens is 425 g/mol. The van der Waals surface area contributed by atoms with Gasteiger partial charge in [0.2, 0.25) is 0 Å². The van der Waals surface area contributed by atoms with Crippen molar-refractivity contribution in [2.24, 2.45) is 0 Å². The number of carbonyl (C=O) groups is 2. The summed E-state index contributed by atoms with van der Waals surface area (Å²) >= 11 is 0. The molecule has 0 unspecified atom stereocenters. The number of carbonyl (C=O) groups excluding carboxylic acids is 2. The fourth-order valence-corrected chi connectivity index (χ4v) is 4.23. The van der Waals surface area contributed by atoms with Gasteiger partial charge in [0.15, 0.2) is 5.69 Å². The van der Waals surface area contributed by atoms with Crippen LogP contribution in [0.3, 0.4) is 0 Å². The Kier molecular flexibility index (Phi) is 5.51. The van der Waals surface area contributed by atoms with E-state index in [0.29, 0.717) is 59.4 Å². The highest BCUT2D eigenvalue weighted by atomic mass is 19.1. The third-order valence-electron chi connectivity index (χ3n) is 5.81. The highest BCUT2D eigenvalue weighted by molar-refractivity contribution is 6.19. The number of aromatic amines is 1. The summed E-state index contributed by atoms with van der Waals surface area (Å²) in [6.07, 6.45) is 1.49. The summed E-state index contributed by atoms with van der Waals surface area (Å²) in [5.41, 5.74) is 2.66. The number of pyridine rings is 1. The van der Waals surface area contributed by atoms with Crippen LogP contribution in [0.1, 0.15) is 27.8 Å². The van der Waals surface area contributed by atoms with Gasteiger partial charge in [-0.05, 0) is 25.1 Å². The SMILES string of the molecule is CCOC(=O)c1ncc(-c2ccccc2F)c2c1[nH]c1cc(C(=O)N3CCOCC3)ccc12. The number of morpholine rings is 1. The number of ether oxygens (including phenoxy) is 2. The second kappa shape index (κ2) is 8.63. The first-order valence-corrected chi connectivity index (χ1v) is 10.8. The third kappa shape index (κ3) is 3.72. The van der Waals surface area contributed by atoms with Gasteiger partial charge in [0.25, 0.3) is 5.91 Å². The Hall–Kier alpha value is -3.78. The van der Waals surface area contributed by atoms with Gasteiger partial charge in [-0.15, -0.1) is 0 Å². The Bertz CT molecular complexity index is 1380. The smallest absolute Gasteiger partial charge is 0.359 e. The van der Waals surface area contributed by atoms with Crippen molar-refractivity contribution in [1.82, 2.24) is 14.9 Å². The number of hydrogen-bond acceptors (Lipinski definition) is 5. The number of aromatic nitrogens is 2. The molecule has 1 saturated heterocycles. The lowest BCUT2D eigenvalue weighted by molar-refractivity contribution is 0.0303. The molecule has 0 atom stereocenters. The lowest BCUT2D eigenvalue weighted by atomic mass is 9.99. The van der Waals surface area contributed by atoms with E-state index in [-0.39, 0.29) is 18.2 Å². The summed E-state index contributed by atoms with van der Waals surface area (Å²) in [6, 6.07) is 11.8. The van der Waals surface area contributed by atoms with Crippen LogP contribution in [0, 0.1) is 5.82 Å². The monoisotopic (exact) mass is 447 g/mol. The van der Waals surface area contributed by atoms with Gasteiger partial charge in [-0.1, -0.05) is 24.3 Å². The van der Waals surface area contributed by atoms with E-state index in [0.717, 1.165) is 5.39 Å². The van der Waals surface area contributed by atoms with Gasteiger partial charge in [-0.25, -0.2) is 14.2 Å². The van der Waals surface area contributed by atoms with Crippen LogP contribution in [0.2, 0.25) is 0 Å². The van der Waals surface area contributed by atoms with Crippen molar-refractivity contribution in [1.29, 1.82) is 0 Å². The van der Waals surface area contributed by atoms with Gasteiger partial charge < -0.3 is 19.4 Å². The van der Waals surface area contributed by atoms with E-state index >= 15 is 0 Å². The Morgan fingerprint density at radius 2 is 1.94 bits per heavy atom. The normalized spacial score (nSPS) is 14.1. The molecule has 2 aromatic heterocycles. The van der Waals surface area contributed by atoms with Crippen molar-refractivity contribution in [3.8, 4) is 11.1 Å². The van der Waals surface area contributed by atoms with Crippen LogP contribution in [0.25, 0.3) is 32.9 Å². The van der Waals surface area contributed by atoms with Gasteiger partial charge >= 0.3 is 5.97 Å². The largest absolute Gasteiger partial charge is 0.461 e. The average molecular weight is 447 g/mol. The fraction of sp³-hybridized carbons (Fsp3) is 0.240. The predicted molar refractivity (Wildman–Crippen MR) is 122 cm³/mol. The number of benzene rings is 2. The topological polar surface area (TPSA) is 84.5 Å². The fourth-order valence-electron chi connectivity index (χ4n) is 4.23. The number of H-pyrrole nitrogens is 1. The first kappa shape index (κ1) is 21.1. The van der Waals surface area contributed by atoms with Crippen LogP contribution in [0.5, 0.6) is 0 Å². The minimum absolute atomic E-state index is 0.0862. The number of nitrogens with one attached hydrogen (secondary N) is 1. The Morgan fingerprint density at radius 3 is 2.70 bits per heavy atom. The van der Waals surface area contributed by atoms with E-state index in [2.05, 4.69) is 9.97 Å². The molecule has 168 valence electrons. The van der Waals surface area contributed by atoms with E-state index in [1.54, 1.807) is 42.2 Å². The van der Waals surface area contributed by atoms with Gasteiger partial charge in [0.05, 0.1) is 25.3 Å². The van der Waals surface area contributed by atoms with Crippen molar-refractivity contribution in [3.63, 3.8) is 0 Å². The Labute approximate surface area is 189 Å². The average Bonchev–Trinajstić information content (AvgIpc) is 3.23. The summed E-state index contributed by atoms with van der Waals surface area (Å²) in [4.78, 5) is 34.8. The summed E-state index contributed by atoms with van der Waals surface area (Å²) in [7, 11) is 0. The van der Waals surface area contributed by atoms with Crippen LogP contribution >= 0.6 is 0 Å². The molecule has 0 spiro atoms. The molecule has 33 heavy (non-hydrogen) atoms. The van der Waals surface area contributed by atoms with E-state index in [1.165, 1.54) is 12.3 Å². The molecule has 4 aromatic rings. The maximum absolute atomic E-state index is 14.7. The molecule has 8 heteroatoms. The van der Waals surface area contributed by atoms with E-state index in [1.807, 2.05) is 6.07 Å². The molecule has 5 rings (SSSR count). The highest BCUT2D eigenvalue weighted by Crippen LogP contribution is 2.37. The predicted octanol–water partition coefficient (Wildman–Crippen LogP) is 4.17. The van der Waals surface area contributed by atoms with Crippen LogP contribution in [0.15, 0.2) is 48.7 Å². The molecule has 1 N–H and O–H groups in total. The summed E-state index contributed by atoms with van der Waals surface area (Å²) < 4.78 is 25.2. The molecule has 1 aliphatic heterocycles. The highest BCUT2D eigenvalue weighted by Gasteiger charge is 2.23. The molecule has 0 bridgehead atoms. The molecule has 1 fully saturated rings. The van der Waals surface area contributed by atoms with E-state index < -0.39 is 11.8 Å². The summed E-state index contributed by atoms with van der Waals surface area (Å²) in [5.74, 6) is -1.05. The van der Waals surface area contributed by atoms with E-state index in [9.17, 15) is 14.0 Å². The Morgan fingerprint density at radius 1 is 1.15 bits per heavy atom. The molecule has 3 heterocycles. The van der Waals surface area contributed by atoms with Crippen LogP contribution < -0.4 is 0 Å².